The molecule has 0 aromatic carbocycles. The summed E-state index contributed by atoms with van der Waals surface area (Å²) in [5.41, 5.74) is 0. The number of carbonyl (C=O) groups is 3. The number of rotatable bonds is 46. The van der Waals surface area contributed by atoms with Gasteiger partial charge in [0.1, 0.15) is 13.2 Å². The molecule has 0 aliphatic carbocycles. The number of carbonyl (C=O) groups excluding carboxylic acids is 3. The van der Waals surface area contributed by atoms with Crippen LogP contribution in [0.25, 0.3) is 0 Å². The van der Waals surface area contributed by atoms with Crippen molar-refractivity contribution in [1.29, 1.82) is 0 Å². The zero-order valence-electron chi connectivity index (χ0n) is 39.3. The van der Waals surface area contributed by atoms with Crippen LogP contribution < -0.4 is 0 Å². The average molecular weight is 829 g/mol. The number of unbranched alkanes of at least 4 members (excludes halogenated alkanes) is 29. The lowest BCUT2D eigenvalue weighted by molar-refractivity contribution is -0.167. The van der Waals surface area contributed by atoms with Crippen molar-refractivity contribution >= 4 is 17.9 Å². The van der Waals surface area contributed by atoms with Crippen molar-refractivity contribution in [2.45, 2.75) is 271 Å². The lowest BCUT2D eigenvalue weighted by Crippen LogP contribution is -2.30. The first kappa shape index (κ1) is 56.6. The summed E-state index contributed by atoms with van der Waals surface area (Å²) in [6.45, 7) is 6.59. The SMILES string of the molecule is CCCCC/C=C\CCCCCCCC(=O)OC[C@H](COC(=O)CCCCCCC/C=C\CCCCCCCCC)OC(=O)CCCCCCC/C=C\CCCCCC. The Morgan fingerprint density at radius 3 is 0.898 bits per heavy atom. The minimum atomic E-state index is -0.780. The fraction of sp³-hybridized carbons (Fsp3) is 0.830. The Balaban J connectivity index is 4.38. The van der Waals surface area contributed by atoms with Crippen molar-refractivity contribution in [2.24, 2.45) is 0 Å². The van der Waals surface area contributed by atoms with Crippen LogP contribution in [0.3, 0.4) is 0 Å². The molecular formula is C53H96O6. The molecule has 1 atom stereocenters. The van der Waals surface area contributed by atoms with Gasteiger partial charge in [-0.1, -0.05) is 186 Å². The van der Waals surface area contributed by atoms with Gasteiger partial charge in [-0.3, -0.25) is 14.4 Å². The van der Waals surface area contributed by atoms with Crippen LogP contribution in [0.15, 0.2) is 36.5 Å². The molecule has 6 nitrogen and oxygen atoms in total. The summed E-state index contributed by atoms with van der Waals surface area (Å²) in [4.78, 5) is 37.9. The van der Waals surface area contributed by atoms with E-state index in [1.807, 2.05) is 0 Å². The smallest absolute Gasteiger partial charge is 0.306 e. The fourth-order valence-electron chi connectivity index (χ4n) is 7.19. The predicted octanol–water partition coefficient (Wildman–Crippen LogP) is 16.5. The molecule has 0 bridgehead atoms. The van der Waals surface area contributed by atoms with Crippen LogP contribution in [0.5, 0.6) is 0 Å². The van der Waals surface area contributed by atoms with Crippen molar-refractivity contribution in [3.05, 3.63) is 36.5 Å². The van der Waals surface area contributed by atoms with Crippen LogP contribution >= 0.6 is 0 Å². The van der Waals surface area contributed by atoms with Crippen molar-refractivity contribution in [3.8, 4) is 0 Å². The van der Waals surface area contributed by atoms with E-state index in [4.69, 9.17) is 14.2 Å². The standard InChI is InChI=1S/C53H96O6/c1-4-7-10-13-16-19-22-25-26-27-29-31-34-37-40-43-46-52(55)58-49-50(48-57-51(54)45-42-39-36-33-30-24-21-18-15-12-9-6-3)59-53(56)47-44-41-38-35-32-28-23-20-17-14-11-8-5-2/h18,20-21,23,26-27,50H,4-17,19,22,24-25,28-49H2,1-3H3/b21-18-,23-20-,27-26-/t50-/m1/s1. The molecule has 0 heterocycles. The maximum Gasteiger partial charge on any atom is 0.306 e. The second-order valence-electron chi connectivity index (χ2n) is 17.1. The lowest BCUT2D eigenvalue weighted by atomic mass is 10.1. The van der Waals surface area contributed by atoms with Gasteiger partial charge in [-0.15, -0.1) is 0 Å². The second-order valence-corrected chi connectivity index (χ2v) is 17.1. The molecule has 0 N–H and O–H groups in total. The van der Waals surface area contributed by atoms with Crippen molar-refractivity contribution < 1.29 is 28.6 Å². The molecule has 0 saturated heterocycles. The summed E-state index contributed by atoms with van der Waals surface area (Å²) >= 11 is 0. The van der Waals surface area contributed by atoms with Crippen LogP contribution in [0, 0.1) is 0 Å². The van der Waals surface area contributed by atoms with Crippen LogP contribution in [-0.4, -0.2) is 37.2 Å². The van der Waals surface area contributed by atoms with Crippen LogP contribution in [0.2, 0.25) is 0 Å². The molecule has 59 heavy (non-hydrogen) atoms. The average Bonchev–Trinajstić information content (AvgIpc) is 3.23. The molecule has 344 valence electrons. The largest absolute Gasteiger partial charge is 0.462 e. The molecule has 0 rings (SSSR count). The van der Waals surface area contributed by atoms with E-state index in [0.29, 0.717) is 19.3 Å². The highest BCUT2D eigenvalue weighted by atomic mass is 16.6. The van der Waals surface area contributed by atoms with Crippen molar-refractivity contribution in [1.82, 2.24) is 0 Å². The summed E-state index contributed by atoms with van der Waals surface area (Å²) in [6, 6.07) is 0. The first-order valence-electron chi connectivity index (χ1n) is 25.5. The highest BCUT2D eigenvalue weighted by Gasteiger charge is 2.19. The Bertz CT molecular complexity index is 1000. The summed E-state index contributed by atoms with van der Waals surface area (Å²) in [6.07, 6.45) is 55.5. The Hall–Kier alpha value is -2.37. The molecule has 0 aliphatic rings. The van der Waals surface area contributed by atoms with Crippen molar-refractivity contribution in [3.63, 3.8) is 0 Å². The topological polar surface area (TPSA) is 78.9 Å². The van der Waals surface area contributed by atoms with Gasteiger partial charge in [0.15, 0.2) is 6.10 Å². The number of esters is 3. The highest BCUT2D eigenvalue weighted by Crippen LogP contribution is 2.14. The second kappa shape index (κ2) is 48.3. The van der Waals surface area contributed by atoms with Gasteiger partial charge in [0, 0.05) is 19.3 Å². The quantitative estimate of drug-likeness (QED) is 0.0263. The van der Waals surface area contributed by atoms with Gasteiger partial charge in [0.05, 0.1) is 0 Å². The summed E-state index contributed by atoms with van der Waals surface area (Å²) in [5, 5.41) is 0. The molecule has 0 aromatic heterocycles. The predicted molar refractivity (Wildman–Crippen MR) is 252 cm³/mol. The molecular weight excluding hydrogens is 733 g/mol. The van der Waals surface area contributed by atoms with Gasteiger partial charge in [-0.05, 0) is 96.3 Å². The maximum absolute atomic E-state index is 12.8. The Kier molecular flexibility index (Phi) is 46.4. The summed E-state index contributed by atoms with van der Waals surface area (Å²) in [7, 11) is 0. The minimum absolute atomic E-state index is 0.0811. The molecule has 0 aromatic rings. The van der Waals surface area contributed by atoms with Gasteiger partial charge >= 0.3 is 17.9 Å². The van der Waals surface area contributed by atoms with Crippen molar-refractivity contribution in [2.75, 3.05) is 13.2 Å². The van der Waals surface area contributed by atoms with Crippen LogP contribution in [0.1, 0.15) is 265 Å². The molecule has 0 saturated carbocycles. The van der Waals surface area contributed by atoms with E-state index in [1.165, 1.54) is 141 Å². The third-order valence-corrected chi connectivity index (χ3v) is 11.1. The fourth-order valence-corrected chi connectivity index (χ4v) is 7.19. The maximum atomic E-state index is 12.8. The molecule has 6 heteroatoms. The molecule has 0 amide bonds. The Labute approximate surface area is 365 Å². The summed E-state index contributed by atoms with van der Waals surface area (Å²) in [5.74, 6) is -0.900. The molecule has 0 unspecified atom stereocenters. The Morgan fingerprint density at radius 2 is 0.559 bits per heavy atom. The van der Waals surface area contributed by atoms with Crippen LogP contribution in [0.4, 0.5) is 0 Å². The number of hydrogen-bond donors (Lipinski definition) is 0. The first-order valence-corrected chi connectivity index (χ1v) is 25.5. The van der Waals surface area contributed by atoms with E-state index in [1.54, 1.807) is 0 Å². The molecule has 0 radical (unpaired) electrons. The molecule has 0 fully saturated rings. The number of ether oxygens (including phenoxy) is 3. The number of allylic oxidation sites excluding steroid dienone is 6. The molecule has 0 spiro atoms. The lowest BCUT2D eigenvalue weighted by Gasteiger charge is -2.18. The Morgan fingerprint density at radius 1 is 0.322 bits per heavy atom. The summed E-state index contributed by atoms with van der Waals surface area (Å²) < 4.78 is 16.8. The molecule has 0 aliphatic heterocycles. The van der Waals surface area contributed by atoms with Crippen LogP contribution in [-0.2, 0) is 28.6 Å². The van der Waals surface area contributed by atoms with E-state index in [9.17, 15) is 14.4 Å². The minimum Gasteiger partial charge on any atom is -0.462 e. The zero-order valence-corrected chi connectivity index (χ0v) is 39.3. The van der Waals surface area contributed by atoms with E-state index in [0.717, 1.165) is 83.5 Å². The van der Waals surface area contributed by atoms with E-state index >= 15 is 0 Å². The van der Waals surface area contributed by atoms with E-state index in [-0.39, 0.29) is 31.1 Å². The first-order chi connectivity index (χ1) is 29.0. The normalized spacial score (nSPS) is 12.3. The highest BCUT2D eigenvalue weighted by molar-refractivity contribution is 5.71. The van der Waals surface area contributed by atoms with Gasteiger partial charge in [0.2, 0.25) is 0 Å². The third-order valence-electron chi connectivity index (χ3n) is 11.1. The van der Waals surface area contributed by atoms with Gasteiger partial charge in [0.25, 0.3) is 0 Å². The van der Waals surface area contributed by atoms with E-state index < -0.39 is 6.10 Å². The zero-order chi connectivity index (χ0) is 43.0. The van der Waals surface area contributed by atoms with Gasteiger partial charge in [-0.2, -0.15) is 0 Å². The van der Waals surface area contributed by atoms with E-state index in [2.05, 4.69) is 57.2 Å². The number of hydrogen-bond acceptors (Lipinski definition) is 6. The van der Waals surface area contributed by atoms with Gasteiger partial charge in [-0.25, -0.2) is 0 Å². The monoisotopic (exact) mass is 829 g/mol. The van der Waals surface area contributed by atoms with Gasteiger partial charge < -0.3 is 14.2 Å². The third kappa shape index (κ3) is 46.5.